The van der Waals surface area contributed by atoms with E-state index in [0.29, 0.717) is 10.7 Å². The topological polar surface area (TPSA) is 79.3 Å². The fourth-order valence-corrected chi connectivity index (χ4v) is 1.40. The molecule has 1 aromatic heterocycles. The largest absolute Gasteiger partial charge is 0.480 e. The van der Waals surface area contributed by atoms with Crippen molar-refractivity contribution >= 4 is 23.5 Å². The molecule has 1 heterocycles. The summed E-state index contributed by atoms with van der Waals surface area (Å²) in [5, 5.41) is 11.7. The van der Waals surface area contributed by atoms with Gasteiger partial charge < -0.3 is 10.4 Å². The standard InChI is InChI=1S/C10H11ClN2O3/c1-6(14)13-9(10(15)16)5-8-4-7(11)2-3-12-8/h2-4,9H,5H2,1H3,(H,13,14)(H,15,16)/t9-/m0/s1. The quantitative estimate of drug-likeness (QED) is 0.821. The maximum Gasteiger partial charge on any atom is 0.326 e. The maximum atomic E-state index is 10.8. The second-order valence-electron chi connectivity index (χ2n) is 3.26. The molecule has 1 atom stereocenters. The van der Waals surface area contributed by atoms with Crippen LogP contribution in [0.4, 0.5) is 0 Å². The van der Waals surface area contributed by atoms with Crippen molar-refractivity contribution in [1.82, 2.24) is 10.3 Å². The Labute approximate surface area is 97.4 Å². The Kier molecular flexibility index (Phi) is 4.25. The third kappa shape index (κ3) is 3.86. The number of nitrogens with one attached hydrogen (secondary N) is 1. The third-order valence-corrected chi connectivity index (χ3v) is 2.10. The maximum absolute atomic E-state index is 10.8. The number of pyridine rings is 1. The summed E-state index contributed by atoms with van der Waals surface area (Å²) in [4.78, 5) is 25.6. The van der Waals surface area contributed by atoms with E-state index in [9.17, 15) is 9.59 Å². The summed E-state index contributed by atoms with van der Waals surface area (Å²) in [6.07, 6.45) is 1.60. The zero-order valence-corrected chi connectivity index (χ0v) is 9.36. The van der Waals surface area contributed by atoms with Crippen LogP contribution >= 0.6 is 11.6 Å². The number of nitrogens with zero attached hydrogens (tertiary/aromatic N) is 1. The molecular formula is C10H11ClN2O3. The average Bonchev–Trinajstić information content (AvgIpc) is 2.15. The molecule has 0 saturated heterocycles. The average molecular weight is 243 g/mol. The van der Waals surface area contributed by atoms with Crippen molar-refractivity contribution in [3.8, 4) is 0 Å². The molecule has 0 unspecified atom stereocenters. The monoisotopic (exact) mass is 242 g/mol. The van der Waals surface area contributed by atoms with Gasteiger partial charge in [-0.15, -0.1) is 0 Å². The predicted molar refractivity (Wildman–Crippen MR) is 58.2 cm³/mol. The van der Waals surface area contributed by atoms with Crippen LogP contribution in [0.15, 0.2) is 18.3 Å². The van der Waals surface area contributed by atoms with E-state index in [-0.39, 0.29) is 6.42 Å². The molecule has 6 heteroatoms. The SMILES string of the molecule is CC(=O)N[C@@H](Cc1cc(Cl)ccn1)C(=O)O. The lowest BCUT2D eigenvalue weighted by atomic mass is 10.1. The van der Waals surface area contributed by atoms with Gasteiger partial charge in [0, 0.05) is 30.3 Å². The predicted octanol–water partition coefficient (Wildman–Crippen LogP) is 0.867. The molecule has 0 fully saturated rings. The van der Waals surface area contributed by atoms with E-state index < -0.39 is 17.9 Å². The summed E-state index contributed by atoms with van der Waals surface area (Å²) in [5.74, 6) is -1.49. The highest BCUT2D eigenvalue weighted by atomic mass is 35.5. The van der Waals surface area contributed by atoms with E-state index in [0.717, 1.165) is 0 Å². The minimum Gasteiger partial charge on any atom is -0.480 e. The van der Waals surface area contributed by atoms with Gasteiger partial charge in [0.15, 0.2) is 0 Å². The molecule has 1 aromatic rings. The molecule has 0 saturated carbocycles. The lowest BCUT2D eigenvalue weighted by Gasteiger charge is -2.12. The number of carbonyl (C=O) groups is 2. The number of hydrogen-bond acceptors (Lipinski definition) is 3. The first kappa shape index (κ1) is 12.4. The van der Waals surface area contributed by atoms with Crippen LogP contribution in [0.25, 0.3) is 0 Å². The van der Waals surface area contributed by atoms with E-state index in [1.807, 2.05) is 0 Å². The Hall–Kier alpha value is -1.62. The Balaban J connectivity index is 2.75. The van der Waals surface area contributed by atoms with Crippen LogP contribution in [0.1, 0.15) is 12.6 Å². The molecular weight excluding hydrogens is 232 g/mol. The van der Waals surface area contributed by atoms with Crippen LogP contribution in [0.2, 0.25) is 5.02 Å². The lowest BCUT2D eigenvalue weighted by molar-refractivity contribution is -0.141. The molecule has 0 spiro atoms. The highest BCUT2D eigenvalue weighted by Crippen LogP contribution is 2.09. The van der Waals surface area contributed by atoms with Gasteiger partial charge in [0.1, 0.15) is 6.04 Å². The molecule has 0 aliphatic rings. The number of carboxylic acid groups (broad SMARTS) is 1. The Morgan fingerprint density at radius 3 is 2.81 bits per heavy atom. The Morgan fingerprint density at radius 1 is 1.62 bits per heavy atom. The minimum atomic E-state index is -1.10. The van der Waals surface area contributed by atoms with Gasteiger partial charge in [0.05, 0.1) is 0 Å². The molecule has 86 valence electrons. The van der Waals surface area contributed by atoms with Crippen molar-refractivity contribution in [2.75, 3.05) is 0 Å². The molecule has 1 rings (SSSR count). The van der Waals surface area contributed by atoms with Gasteiger partial charge in [0.2, 0.25) is 5.91 Å². The first-order chi connectivity index (χ1) is 7.49. The van der Waals surface area contributed by atoms with Gasteiger partial charge in [-0.25, -0.2) is 4.79 Å². The van der Waals surface area contributed by atoms with Gasteiger partial charge in [-0.3, -0.25) is 9.78 Å². The Morgan fingerprint density at radius 2 is 2.31 bits per heavy atom. The number of amides is 1. The fourth-order valence-electron chi connectivity index (χ4n) is 1.21. The van der Waals surface area contributed by atoms with Gasteiger partial charge in [0.25, 0.3) is 0 Å². The zero-order valence-electron chi connectivity index (χ0n) is 8.61. The number of rotatable bonds is 4. The van der Waals surface area contributed by atoms with Crippen molar-refractivity contribution in [3.05, 3.63) is 29.0 Å². The smallest absolute Gasteiger partial charge is 0.326 e. The van der Waals surface area contributed by atoms with Gasteiger partial charge in [-0.1, -0.05) is 11.6 Å². The van der Waals surface area contributed by atoms with Crippen molar-refractivity contribution in [2.45, 2.75) is 19.4 Å². The first-order valence-corrected chi connectivity index (χ1v) is 4.97. The van der Waals surface area contributed by atoms with Gasteiger partial charge in [-0.2, -0.15) is 0 Å². The van der Waals surface area contributed by atoms with Gasteiger partial charge >= 0.3 is 5.97 Å². The zero-order chi connectivity index (χ0) is 12.1. The summed E-state index contributed by atoms with van der Waals surface area (Å²) in [6.45, 7) is 1.27. The number of aliphatic carboxylic acids is 1. The second kappa shape index (κ2) is 5.46. The molecule has 0 aliphatic carbocycles. The third-order valence-electron chi connectivity index (χ3n) is 1.87. The van der Waals surface area contributed by atoms with Crippen LogP contribution in [0, 0.1) is 0 Å². The van der Waals surface area contributed by atoms with E-state index >= 15 is 0 Å². The van der Waals surface area contributed by atoms with Crippen molar-refractivity contribution < 1.29 is 14.7 Å². The summed E-state index contributed by atoms with van der Waals surface area (Å²) in [7, 11) is 0. The van der Waals surface area contributed by atoms with Gasteiger partial charge in [-0.05, 0) is 12.1 Å². The van der Waals surface area contributed by atoms with Crippen LogP contribution in [0.3, 0.4) is 0 Å². The summed E-state index contributed by atoms with van der Waals surface area (Å²) in [5.41, 5.74) is 0.522. The number of carbonyl (C=O) groups excluding carboxylic acids is 1. The fraction of sp³-hybridized carbons (Fsp3) is 0.300. The highest BCUT2D eigenvalue weighted by molar-refractivity contribution is 6.30. The lowest BCUT2D eigenvalue weighted by Crippen LogP contribution is -2.41. The van der Waals surface area contributed by atoms with Crippen LogP contribution in [-0.2, 0) is 16.0 Å². The first-order valence-electron chi connectivity index (χ1n) is 4.59. The molecule has 0 radical (unpaired) electrons. The van der Waals surface area contributed by atoms with Crippen molar-refractivity contribution in [2.24, 2.45) is 0 Å². The highest BCUT2D eigenvalue weighted by Gasteiger charge is 2.19. The van der Waals surface area contributed by atoms with E-state index in [1.165, 1.54) is 13.1 Å². The van der Waals surface area contributed by atoms with E-state index in [4.69, 9.17) is 16.7 Å². The molecule has 2 N–H and O–H groups in total. The number of halogens is 1. The van der Waals surface area contributed by atoms with Crippen LogP contribution < -0.4 is 5.32 Å². The normalized spacial score (nSPS) is 11.9. The van der Waals surface area contributed by atoms with Crippen LogP contribution in [-0.4, -0.2) is 28.0 Å². The molecule has 0 bridgehead atoms. The van der Waals surface area contributed by atoms with E-state index in [2.05, 4.69) is 10.3 Å². The van der Waals surface area contributed by atoms with Crippen LogP contribution in [0.5, 0.6) is 0 Å². The van der Waals surface area contributed by atoms with E-state index in [1.54, 1.807) is 12.1 Å². The summed E-state index contributed by atoms with van der Waals surface area (Å²) in [6, 6.07) is 2.18. The number of aromatic nitrogens is 1. The molecule has 1 amide bonds. The number of carboxylic acids is 1. The Bertz CT molecular complexity index is 409. The molecule has 0 aliphatic heterocycles. The van der Waals surface area contributed by atoms with Crippen molar-refractivity contribution in [3.63, 3.8) is 0 Å². The summed E-state index contributed by atoms with van der Waals surface area (Å²) >= 11 is 5.74. The summed E-state index contributed by atoms with van der Waals surface area (Å²) < 4.78 is 0. The van der Waals surface area contributed by atoms with Crippen molar-refractivity contribution in [1.29, 1.82) is 0 Å². The molecule has 5 nitrogen and oxygen atoms in total. The number of hydrogen-bond donors (Lipinski definition) is 2. The minimum absolute atomic E-state index is 0.107. The molecule has 0 aromatic carbocycles. The second-order valence-corrected chi connectivity index (χ2v) is 3.70. The molecule has 16 heavy (non-hydrogen) atoms.